The van der Waals surface area contributed by atoms with Gasteiger partial charge in [0.1, 0.15) is 17.3 Å². The zero-order valence-corrected chi connectivity index (χ0v) is 17.9. The molecule has 1 aromatic carbocycles. The zero-order valence-electron chi connectivity index (χ0n) is 15.6. The van der Waals surface area contributed by atoms with Gasteiger partial charge < -0.3 is 19.8 Å². The number of rotatable bonds is 5. The van der Waals surface area contributed by atoms with E-state index < -0.39 is 0 Å². The first kappa shape index (κ1) is 20.6. The van der Waals surface area contributed by atoms with Gasteiger partial charge in [-0.05, 0) is 51.0 Å². The van der Waals surface area contributed by atoms with Crippen molar-refractivity contribution in [1.29, 1.82) is 0 Å². The Morgan fingerprint density at radius 1 is 1.27 bits per heavy atom. The number of hydrogen-bond donors (Lipinski definition) is 2. The van der Waals surface area contributed by atoms with Gasteiger partial charge in [0, 0.05) is 19.0 Å². The molecular formula is C20H28IN3O2. The van der Waals surface area contributed by atoms with E-state index in [0.717, 1.165) is 49.3 Å². The summed E-state index contributed by atoms with van der Waals surface area (Å²) in [6, 6.07) is 12.3. The second-order valence-corrected chi connectivity index (χ2v) is 6.41. The number of benzene rings is 1. The molecule has 0 aliphatic carbocycles. The average Bonchev–Trinajstić information content (AvgIpc) is 3.06. The lowest BCUT2D eigenvalue weighted by Gasteiger charge is -2.25. The Balaban J connectivity index is 0.00000243. The quantitative estimate of drug-likeness (QED) is 0.388. The summed E-state index contributed by atoms with van der Waals surface area (Å²) in [7, 11) is 0. The number of ether oxygens (including phenoxy) is 1. The Morgan fingerprint density at radius 2 is 2.08 bits per heavy atom. The van der Waals surface area contributed by atoms with Crippen molar-refractivity contribution in [2.45, 2.75) is 39.2 Å². The summed E-state index contributed by atoms with van der Waals surface area (Å²) in [5.41, 5.74) is 1.25. The third-order valence-corrected chi connectivity index (χ3v) is 4.44. The van der Waals surface area contributed by atoms with Crippen LogP contribution in [0, 0.1) is 6.92 Å². The van der Waals surface area contributed by atoms with Crippen LogP contribution in [0.5, 0.6) is 5.75 Å². The molecule has 5 nitrogen and oxygen atoms in total. The van der Waals surface area contributed by atoms with Crippen molar-refractivity contribution in [2.24, 2.45) is 4.99 Å². The largest absolute Gasteiger partial charge is 0.493 e. The molecule has 2 N–H and O–H groups in total. The van der Waals surface area contributed by atoms with Crippen molar-refractivity contribution in [3.8, 4) is 5.75 Å². The van der Waals surface area contributed by atoms with Gasteiger partial charge in [-0.1, -0.05) is 18.2 Å². The van der Waals surface area contributed by atoms with Gasteiger partial charge in [0.25, 0.3) is 0 Å². The van der Waals surface area contributed by atoms with Crippen LogP contribution >= 0.6 is 24.0 Å². The number of furan rings is 1. The number of hydrogen-bond acceptors (Lipinski definition) is 3. The van der Waals surface area contributed by atoms with Crippen LogP contribution in [0.4, 0.5) is 0 Å². The van der Waals surface area contributed by atoms with Crippen LogP contribution in [0.2, 0.25) is 0 Å². The summed E-state index contributed by atoms with van der Waals surface area (Å²) in [5.74, 6) is 4.03. The lowest BCUT2D eigenvalue weighted by molar-refractivity contribution is 0.269. The smallest absolute Gasteiger partial charge is 0.191 e. The van der Waals surface area contributed by atoms with E-state index >= 15 is 0 Å². The van der Waals surface area contributed by atoms with E-state index in [1.807, 2.05) is 31.2 Å². The van der Waals surface area contributed by atoms with Crippen molar-refractivity contribution in [1.82, 2.24) is 10.6 Å². The first-order valence-electron chi connectivity index (χ1n) is 9.00. The number of halogens is 1. The lowest BCUT2D eigenvalue weighted by Crippen LogP contribution is -2.39. The summed E-state index contributed by atoms with van der Waals surface area (Å²) < 4.78 is 11.4. The summed E-state index contributed by atoms with van der Waals surface area (Å²) in [6.07, 6.45) is 0.993. The van der Waals surface area contributed by atoms with Gasteiger partial charge in [0.2, 0.25) is 0 Å². The van der Waals surface area contributed by atoms with Gasteiger partial charge in [-0.2, -0.15) is 0 Å². The monoisotopic (exact) mass is 469 g/mol. The Kier molecular flexibility index (Phi) is 7.81. The van der Waals surface area contributed by atoms with Gasteiger partial charge in [0.15, 0.2) is 5.96 Å². The Bertz CT molecular complexity index is 729. The fourth-order valence-electron chi connectivity index (χ4n) is 3.09. The van der Waals surface area contributed by atoms with Gasteiger partial charge in [0.05, 0.1) is 12.6 Å². The number of aliphatic imine (C=N–C) groups is 1. The number of nitrogens with zero attached hydrogens (tertiary/aromatic N) is 1. The molecule has 0 amide bonds. The van der Waals surface area contributed by atoms with Crippen LogP contribution < -0.4 is 15.4 Å². The van der Waals surface area contributed by atoms with Crippen molar-refractivity contribution in [3.63, 3.8) is 0 Å². The first-order chi connectivity index (χ1) is 12.2. The molecule has 2 unspecified atom stereocenters. The van der Waals surface area contributed by atoms with Crippen LogP contribution in [-0.2, 0) is 0 Å². The highest BCUT2D eigenvalue weighted by Gasteiger charge is 2.21. The topological polar surface area (TPSA) is 58.8 Å². The molecule has 26 heavy (non-hydrogen) atoms. The number of aryl methyl sites for hydroxylation is 1. The van der Waals surface area contributed by atoms with E-state index in [2.05, 4.69) is 36.6 Å². The van der Waals surface area contributed by atoms with E-state index in [1.54, 1.807) is 0 Å². The molecule has 2 heterocycles. The minimum atomic E-state index is 0. The van der Waals surface area contributed by atoms with Crippen molar-refractivity contribution < 1.29 is 9.15 Å². The molecule has 6 heteroatoms. The third kappa shape index (κ3) is 5.16. The maximum Gasteiger partial charge on any atom is 0.191 e. The highest BCUT2D eigenvalue weighted by Crippen LogP contribution is 2.33. The number of para-hydroxylation sites is 1. The Morgan fingerprint density at radius 3 is 2.81 bits per heavy atom. The molecule has 2 atom stereocenters. The molecule has 1 aromatic heterocycles. The third-order valence-electron chi connectivity index (χ3n) is 4.44. The van der Waals surface area contributed by atoms with Crippen LogP contribution in [0.3, 0.4) is 0 Å². The van der Waals surface area contributed by atoms with Crippen LogP contribution in [0.1, 0.15) is 49.3 Å². The van der Waals surface area contributed by atoms with Crippen LogP contribution in [0.25, 0.3) is 0 Å². The SMILES string of the molecule is CCNC(=NCC1CCOc2ccccc21)NC(C)c1ccc(C)o1.I. The zero-order chi connectivity index (χ0) is 17.6. The fourth-order valence-corrected chi connectivity index (χ4v) is 3.09. The fraction of sp³-hybridized carbons (Fsp3) is 0.450. The van der Waals surface area contributed by atoms with Gasteiger partial charge in [-0.25, -0.2) is 0 Å². The number of nitrogens with one attached hydrogen (secondary N) is 2. The molecule has 0 spiro atoms. The van der Waals surface area contributed by atoms with Crippen LogP contribution in [0.15, 0.2) is 45.8 Å². The maximum atomic E-state index is 5.74. The van der Waals surface area contributed by atoms with Crippen molar-refractivity contribution in [2.75, 3.05) is 19.7 Å². The van der Waals surface area contributed by atoms with E-state index in [4.69, 9.17) is 14.1 Å². The predicted octanol–water partition coefficient (Wildman–Crippen LogP) is 4.39. The van der Waals surface area contributed by atoms with E-state index in [1.165, 1.54) is 5.56 Å². The Labute approximate surface area is 172 Å². The van der Waals surface area contributed by atoms with E-state index in [9.17, 15) is 0 Å². The average molecular weight is 469 g/mol. The van der Waals surface area contributed by atoms with Crippen molar-refractivity contribution in [3.05, 3.63) is 53.5 Å². The summed E-state index contributed by atoms with van der Waals surface area (Å²) in [6.45, 7) is 8.42. The standard InChI is InChI=1S/C20H27N3O2.HI/c1-4-21-20(23-15(3)18-10-9-14(2)25-18)22-13-16-11-12-24-19-8-6-5-7-17(16)19;/h5-10,15-16H,4,11-13H2,1-3H3,(H2,21,22,23);1H. The second-order valence-electron chi connectivity index (χ2n) is 6.41. The molecule has 0 saturated heterocycles. The molecule has 0 fully saturated rings. The molecule has 0 saturated carbocycles. The van der Waals surface area contributed by atoms with Gasteiger partial charge in [-0.3, -0.25) is 4.99 Å². The maximum absolute atomic E-state index is 5.74. The number of fused-ring (bicyclic) bond motifs is 1. The summed E-state index contributed by atoms with van der Waals surface area (Å²) in [4.78, 5) is 4.81. The predicted molar refractivity (Wildman–Crippen MR) is 116 cm³/mol. The summed E-state index contributed by atoms with van der Waals surface area (Å²) in [5, 5.41) is 6.74. The summed E-state index contributed by atoms with van der Waals surface area (Å²) >= 11 is 0. The molecule has 142 valence electrons. The molecule has 1 aliphatic heterocycles. The number of guanidine groups is 1. The second kappa shape index (κ2) is 9.85. The van der Waals surface area contributed by atoms with Crippen molar-refractivity contribution >= 4 is 29.9 Å². The minimum Gasteiger partial charge on any atom is -0.493 e. The molecule has 0 bridgehead atoms. The minimum absolute atomic E-state index is 0. The normalized spacial score (nSPS) is 17.5. The molecule has 3 rings (SSSR count). The molecule has 0 radical (unpaired) electrons. The highest BCUT2D eigenvalue weighted by molar-refractivity contribution is 14.0. The Hall–Kier alpha value is -1.70. The van der Waals surface area contributed by atoms with E-state index in [0.29, 0.717) is 5.92 Å². The molecule has 1 aliphatic rings. The van der Waals surface area contributed by atoms with Gasteiger partial charge >= 0.3 is 0 Å². The van der Waals surface area contributed by atoms with Crippen LogP contribution in [-0.4, -0.2) is 25.7 Å². The first-order valence-corrected chi connectivity index (χ1v) is 9.00. The van der Waals surface area contributed by atoms with Gasteiger partial charge in [-0.15, -0.1) is 24.0 Å². The lowest BCUT2D eigenvalue weighted by atomic mass is 9.93. The highest BCUT2D eigenvalue weighted by atomic mass is 127. The molecule has 2 aromatic rings. The molecular weight excluding hydrogens is 441 g/mol. The van der Waals surface area contributed by atoms with E-state index in [-0.39, 0.29) is 30.0 Å².